The van der Waals surface area contributed by atoms with E-state index in [0.717, 1.165) is 12.8 Å². The predicted octanol–water partition coefficient (Wildman–Crippen LogP) is 3.28. The van der Waals surface area contributed by atoms with E-state index in [1.807, 2.05) is 0 Å². The predicted molar refractivity (Wildman–Crippen MR) is 73.4 cm³/mol. The van der Waals surface area contributed by atoms with Gasteiger partial charge < -0.3 is 9.73 Å². The fraction of sp³-hybridized carbons (Fsp3) is 0.400. The molecule has 0 aromatic carbocycles. The Labute approximate surface area is 129 Å². The highest BCUT2D eigenvalue weighted by Crippen LogP contribution is 2.40. The average molecular weight is 325 g/mol. The van der Waals surface area contributed by atoms with Gasteiger partial charge in [-0.3, -0.25) is 4.79 Å². The molecule has 0 spiro atoms. The summed E-state index contributed by atoms with van der Waals surface area (Å²) in [7, 11) is 0. The molecule has 1 N–H and O–H groups in total. The van der Waals surface area contributed by atoms with Crippen molar-refractivity contribution >= 4 is 5.91 Å². The normalized spacial score (nSPS) is 16.2. The van der Waals surface area contributed by atoms with Gasteiger partial charge in [0.15, 0.2) is 5.82 Å². The summed E-state index contributed by atoms with van der Waals surface area (Å²) < 4.78 is 43.8. The molecule has 1 amide bonds. The lowest BCUT2D eigenvalue weighted by Crippen LogP contribution is -2.32. The van der Waals surface area contributed by atoms with E-state index >= 15 is 0 Å². The second-order valence-electron chi connectivity index (χ2n) is 5.47. The van der Waals surface area contributed by atoms with Crippen LogP contribution < -0.4 is 5.32 Å². The van der Waals surface area contributed by atoms with E-state index in [0.29, 0.717) is 12.1 Å². The van der Waals surface area contributed by atoms with E-state index < -0.39 is 29.3 Å². The van der Waals surface area contributed by atoms with Gasteiger partial charge in [0.1, 0.15) is 17.6 Å². The van der Waals surface area contributed by atoms with Gasteiger partial charge in [0, 0.05) is 12.4 Å². The van der Waals surface area contributed by atoms with Crippen LogP contribution in [-0.4, -0.2) is 15.9 Å². The molecule has 23 heavy (non-hydrogen) atoms. The van der Waals surface area contributed by atoms with Gasteiger partial charge in [0.05, 0.1) is 11.6 Å². The summed E-state index contributed by atoms with van der Waals surface area (Å²) >= 11 is 0. The number of nitrogens with one attached hydrogen (secondary N) is 1. The first-order valence-electron chi connectivity index (χ1n) is 7.11. The smallest absolute Gasteiger partial charge is 0.420 e. The van der Waals surface area contributed by atoms with Crippen molar-refractivity contribution in [2.75, 3.05) is 0 Å². The topological polar surface area (TPSA) is 68.0 Å². The number of amides is 1. The van der Waals surface area contributed by atoms with Crippen LogP contribution in [0, 0.1) is 12.8 Å². The number of alkyl halides is 3. The van der Waals surface area contributed by atoms with E-state index in [-0.39, 0.29) is 11.7 Å². The van der Waals surface area contributed by atoms with Gasteiger partial charge in [-0.05, 0) is 31.7 Å². The summed E-state index contributed by atoms with van der Waals surface area (Å²) in [6.07, 6.45) is 0.736. The van der Waals surface area contributed by atoms with Crippen molar-refractivity contribution in [1.82, 2.24) is 15.3 Å². The molecule has 0 saturated heterocycles. The van der Waals surface area contributed by atoms with Crippen LogP contribution in [0.15, 0.2) is 29.1 Å². The molecule has 1 unspecified atom stereocenters. The first kappa shape index (κ1) is 15.5. The first-order chi connectivity index (χ1) is 10.9. The Balaban J connectivity index is 1.88. The molecule has 1 fully saturated rings. The Morgan fingerprint density at radius 1 is 1.35 bits per heavy atom. The molecule has 2 aromatic rings. The van der Waals surface area contributed by atoms with Crippen LogP contribution in [-0.2, 0) is 6.18 Å². The van der Waals surface area contributed by atoms with E-state index in [9.17, 15) is 18.0 Å². The van der Waals surface area contributed by atoms with Gasteiger partial charge in [-0.1, -0.05) is 0 Å². The third kappa shape index (κ3) is 3.20. The van der Waals surface area contributed by atoms with Gasteiger partial charge in [-0.15, -0.1) is 0 Å². The number of carbonyl (C=O) groups is 1. The van der Waals surface area contributed by atoms with Crippen molar-refractivity contribution in [3.05, 3.63) is 47.4 Å². The molecule has 0 aliphatic heterocycles. The molecule has 3 rings (SSSR count). The zero-order valence-electron chi connectivity index (χ0n) is 12.2. The van der Waals surface area contributed by atoms with Crippen molar-refractivity contribution in [1.29, 1.82) is 0 Å². The third-order valence-corrected chi connectivity index (χ3v) is 3.75. The molecule has 1 atom stereocenters. The Hall–Kier alpha value is -2.38. The van der Waals surface area contributed by atoms with Crippen molar-refractivity contribution in [2.45, 2.75) is 32.0 Å². The molecule has 1 aliphatic rings. The highest BCUT2D eigenvalue weighted by molar-refractivity contribution is 5.97. The highest BCUT2D eigenvalue weighted by Gasteiger charge is 2.41. The largest absolute Gasteiger partial charge is 0.468 e. The number of carbonyl (C=O) groups excluding carboxylic acids is 1. The average Bonchev–Trinajstić information content (AvgIpc) is 3.26. The maximum absolute atomic E-state index is 13.0. The lowest BCUT2D eigenvalue weighted by atomic mass is 10.1. The van der Waals surface area contributed by atoms with E-state index in [1.165, 1.54) is 19.3 Å². The summed E-state index contributed by atoms with van der Waals surface area (Å²) in [6.45, 7) is 1.33. The fourth-order valence-electron chi connectivity index (χ4n) is 2.45. The number of hydrogen-bond donors (Lipinski definition) is 1. The van der Waals surface area contributed by atoms with Crippen molar-refractivity contribution < 1.29 is 22.4 Å². The minimum absolute atomic E-state index is 0.0710. The summed E-state index contributed by atoms with van der Waals surface area (Å²) in [4.78, 5) is 20.6. The summed E-state index contributed by atoms with van der Waals surface area (Å²) in [5.41, 5.74) is -1.56. The highest BCUT2D eigenvalue weighted by atomic mass is 19.4. The van der Waals surface area contributed by atoms with Crippen molar-refractivity contribution in [2.24, 2.45) is 5.92 Å². The zero-order valence-corrected chi connectivity index (χ0v) is 12.2. The second kappa shape index (κ2) is 5.68. The number of aromatic nitrogens is 2. The van der Waals surface area contributed by atoms with Crippen molar-refractivity contribution in [3.8, 4) is 0 Å². The SMILES string of the molecule is Cc1occ(C(F)(F)F)c1C(=O)NC(c1ncccn1)C1CC1. The molecular formula is C15H14F3N3O2. The van der Waals surface area contributed by atoms with Gasteiger partial charge in [0.25, 0.3) is 5.91 Å². The first-order valence-corrected chi connectivity index (χ1v) is 7.11. The molecule has 122 valence electrons. The number of halogens is 3. The fourth-order valence-corrected chi connectivity index (χ4v) is 2.45. The van der Waals surface area contributed by atoms with Crippen LogP contribution in [0.25, 0.3) is 0 Å². The van der Waals surface area contributed by atoms with Crippen molar-refractivity contribution in [3.63, 3.8) is 0 Å². The summed E-state index contributed by atoms with van der Waals surface area (Å²) in [6, 6.07) is 1.14. The monoisotopic (exact) mass is 325 g/mol. The van der Waals surface area contributed by atoms with Crippen LogP contribution in [0.1, 0.15) is 46.4 Å². The molecule has 1 saturated carbocycles. The van der Waals surface area contributed by atoms with Gasteiger partial charge in [0.2, 0.25) is 0 Å². The summed E-state index contributed by atoms with van der Waals surface area (Å²) in [5.74, 6) is -0.354. The van der Waals surface area contributed by atoms with E-state index in [1.54, 1.807) is 6.07 Å². The Bertz CT molecular complexity index is 709. The molecule has 5 nitrogen and oxygen atoms in total. The van der Waals surface area contributed by atoms with Gasteiger partial charge >= 0.3 is 6.18 Å². The van der Waals surface area contributed by atoms with Crippen LogP contribution in [0.2, 0.25) is 0 Å². The van der Waals surface area contributed by atoms with Gasteiger partial charge in [-0.2, -0.15) is 13.2 Å². The molecule has 8 heteroatoms. The molecular weight excluding hydrogens is 311 g/mol. The second-order valence-corrected chi connectivity index (χ2v) is 5.47. The van der Waals surface area contributed by atoms with Gasteiger partial charge in [-0.25, -0.2) is 9.97 Å². The molecule has 0 bridgehead atoms. The van der Waals surface area contributed by atoms with Crippen LogP contribution >= 0.6 is 0 Å². The molecule has 0 radical (unpaired) electrons. The lowest BCUT2D eigenvalue weighted by Gasteiger charge is -2.17. The number of furan rings is 1. The lowest BCUT2D eigenvalue weighted by molar-refractivity contribution is -0.138. The number of rotatable bonds is 4. The molecule has 2 heterocycles. The summed E-state index contributed by atoms with van der Waals surface area (Å²) in [5, 5.41) is 2.63. The third-order valence-electron chi connectivity index (χ3n) is 3.75. The van der Waals surface area contributed by atoms with E-state index in [4.69, 9.17) is 4.42 Å². The zero-order chi connectivity index (χ0) is 16.6. The maximum Gasteiger partial charge on any atom is 0.420 e. The Kier molecular flexibility index (Phi) is 3.83. The quantitative estimate of drug-likeness (QED) is 0.937. The Morgan fingerprint density at radius 3 is 2.57 bits per heavy atom. The number of nitrogens with zero attached hydrogens (tertiary/aromatic N) is 2. The number of hydrogen-bond acceptors (Lipinski definition) is 4. The van der Waals surface area contributed by atoms with E-state index in [2.05, 4.69) is 15.3 Å². The van der Waals surface area contributed by atoms with Crippen LogP contribution in [0.5, 0.6) is 0 Å². The number of aryl methyl sites for hydroxylation is 1. The molecule has 2 aromatic heterocycles. The van der Waals surface area contributed by atoms with Crippen LogP contribution in [0.4, 0.5) is 13.2 Å². The molecule has 1 aliphatic carbocycles. The van der Waals surface area contributed by atoms with Crippen LogP contribution in [0.3, 0.4) is 0 Å². The standard InChI is InChI=1S/C15H14F3N3O2/c1-8-11(10(7-23-8)15(16,17)18)14(22)21-12(9-3-4-9)13-19-5-2-6-20-13/h2,5-7,9,12H,3-4H2,1H3,(H,21,22). The maximum atomic E-state index is 13.0. The Morgan fingerprint density at radius 2 is 2.00 bits per heavy atom. The minimum Gasteiger partial charge on any atom is -0.468 e. The minimum atomic E-state index is -4.65.